The standard InChI is InChI=1S/C11H25N3.C2H6.H2/c1-6-12-10-7-14(9(2)3)8-11(10)13(4)5;1-2;/h9-12H,6-8H2,1-5H3;1-2H3;1H. The fourth-order valence-corrected chi connectivity index (χ4v) is 2.22. The van der Waals surface area contributed by atoms with Crippen LogP contribution in [-0.4, -0.2) is 61.7 Å². The zero-order chi connectivity index (χ0) is 12.7. The number of rotatable bonds is 4. The topological polar surface area (TPSA) is 18.5 Å². The van der Waals surface area contributed by atoms with Crippen molar-refractivity contribution in [3.8, 4) is 0 Å². The molecule has 3 nitrogen and oxygen atoms in total. The van der Waals surface area contributed by atoms with Gasteiger partial charge in [0, 0.05) is 32.6 Å². The lowest BCUT2D eigenvalue weighted by molar-refractivity contribution is 0.234. The van der Waals surface area contributed by atoms with Gasteiger partial charge in [-0.15, -0.1) is 0 Å². The summed E-state index contributed by atoms with van der Waals surface area (Å²) >= 11 is 0. The summed E-state index contributed by atoms with van der Waals surface area (Å²) in [5.74, 6) is 0. The summed E-state index contributed by atoms with van der Waals surface area (Å²) in [6.07, 6.45) is 0. The number of nitrogens with one attached hydrogen (secondary N) is 1. The van der Waals surface area contributed by atoms with Crippen LogP contribution < -0.4 is 5.32 Å². The van der Waals surface area contributed by atoms with E-state index in [2.05, 4.69) is 50.0 Å². The quantitative estimate of drug-likeness (QED) is 0.797. The van der Waals surface area contributed by atoms with E-state index in [-0.39, 0.29) is 1.43 Å². The van der Waals surface area contributed by atoms with Crippen LogP contribution >= 0.6 is 0 Å². The Bertz CT molecular complexity index is 174. The molecule has 0 spiro atoms. The lowest BCUT2D eigenvalue weighted by Gasteiger charge is -2.25. The van der Waals surface area contributed by atoms with Crippen molar-refractivity contribution in [2.45, 2.75) is 52.7 Å². The second kappa shape index (κ2) is 8.04. The van der Waals surface area contributed by atoms with E-state index in [9.17, 15) is 0 Å². The van der Waals surface area contributed by atoms with Crippen molar-refractivity contribution in [1.82, 2.24) is 15.1 Å². The van der Waals surface area contributed by atoms with Gasteiger partial charge >= 0.3 is 0 Å². The lowest BCUT2D eigenvalue weighted by Crippen LogP contribution is -2.46. The molecule has 0 aliphatic carbocycles. The molecule has 2 atom stereocenters. The second-order valence-corrected chi connectivity index (χ2v) is 4.74. The van der Waals surface area contributed by atoms with Crippen LogP contribution in [0.5, 0.6) is 0 Å². The summed E-state index contributed by atoms with van der Waals surface area (Å²) < 4.78 is 0. The van der Waals surface area contributed by atoms with E-state index < -0.39 is 0 Å². The van der Waals surface area contributed by atoms with Crippen LogP contribution in [0.1, 0.15) is 36.0 Å². The number of hydrogen-bond donors (Lipinski definition) is 1. The molecule has 0 aromatic carbocycles. The van der Waals surface area contributed by atoms with Crippen molar-refractivity contribution >= 4 is 0 Å². The highest BCUT2D eigenvalue weighted by Gasteiger charge is 2.34. The fourth-order valence-electron chi connectivity index (χ4n) is 2.22. The van der Waals surface area contributed by atoms with Crippen LogP contribution in [0.2, 0.25) is 0 Å². The zero-order valence-electron chi connectivity index (χ0n) is 12.2. The van der Waals surface area contributed by atoms with Gasteiger partial charge in [0.15, 0.2) is 0 Å². The summed E-state index contributed by atoms with van der Waals surface area (Å²) in [5.41, 5.74) is 0. The van der Waals surface area contributed by atoms with E-state index in [4.69, 9.17) is 0 Å². The Labute approximate surface area is 104 Å². The summed E-state index contributed by atoms with van der Waals surface area (Å²) in [4.78, 5) is 4.90. The molecule has 0 aromatic heterocycles. The summed E-state index contributed by atoms with van der Waals surface area (Å²) in [6.45, 7) is 14.2. The molecule has 0 saturated carbocycles. The molecule has 0 radical (unpaired) electrons. The molecule has 1 aliphatic rings. The first-order valence-corrected chi connectivity index (χ1v) is 6.70. The highest BCUT2D eigenvalue weighted by atomic mass is 15.3. The van der Waals surface area contributed by atoms with Gasteiger partial charge in [-0.25, -0.2) is 0 Å². The molecule has 2 unspecified atom stereocenters. The minimum atomic E-state index is 0. The number of likely N-dealkylation sites (N-methyl/N-ethyl adjacent to an activating group) is 2. The van der Waals surface area contributed by atoms with Gasteiger partial charge < -0.3 is 10.2 Å². The molecule has 0 aromatic rings. The predicted molar refractivity (Wildman–Crippen MR) is 75.1 cm³/mol. The van der Waals surface area contributed by atoms with Gasteiger partial charge in [0.1, 0.15) is 0 Å². The van der Waals surface area contributed by atoms with E-state index in [1.165, 1.54) is 13.1 Å². The van der Waals surface area contributed by atoms with Crippen molar-refractivity contribution < 1.29 is 1.43 Å². The minimum Gasteiger partial charge on any atom is -0.311 e. The Balaban J connectivity index is 0. The Hall–Kier alpha value is -0.120. The molecule has 1 saturated heterocycles. The van der Waals surface area contributed by atoms with Crippen LogP contribution in [0.4, 0.5) is 0 Å². The molecule has 1 fully saturated rings. The molecular weight excluding hydrogens is 198 g/mol. The zero-order valence-corrected chi connectivity index (χ0v) is 12.2. The predicted octanol–water partition coefficient (Wildman–Crippen LogP) is 1.89. The molecular formula is C13H33N3. The number of nitrogens with zero attached hydrogens (tertiary/aromatic N) is 2. The van der Waals surface area contributed by atoms with E-state index in [0.29, 0.717) is 18.1 Å². The normalized spacial score (nSPS) is 26.1. The third kappa shape index (κ3) is 4.40. The van der Waals surface area contributed by atoms with Gasteiger partial charge in [-0.1, -0.05) is 20.8 Å². The van der Waals surface area contributed by atoms with Crippen LogP contribution in [0.3, 0.4) is 0 Å². The molecule has 3 heteroatoms. The summed E-state index contributed by atoms with van der Waals surface area (Å²) in [7, 11) is 4.36. The highest BCUT2D eigenvalue weighted by molar-refractivity contribution is 4.94. The largest absolute Gasteiger partial charge is 0.311 e. The van der Waals surface area contributed by atoms with Gasteiger partial charge in [0.05, 0.1) is 0 Å². The van der Waals surface area contributed by atoms with Crippen LogP contribution in [-0.2, 0) is 0 Å². The van der Waals surface area contributed by atoms with Crippen molar-refractivity contribution in [2.24, 2.45) is 0 Å². The molecule has 1 aliphatic heterocycles. The van der Waals surface area contributed by atoms with Crippen molar-refractivity contribution in [1.29, 1.82) is 0 Å². The van der Waals surface area contributed by atoms with Crippen LogP contribution in [0.15, 0.2) is 0 Å². The SMILES string of the molecule is CC.CCNC1CN(C(C)C)CC1N(C)C.[HH]. The molecule has 0 bridgehead atoms. The van der Waals surface area contributed by atoms with Crippen molar-refractivity contribution in [3.05, 3.63) is 0 Å². The average Bonchev–Trinajstić information content (AvgIpc) is 2.66. The summed E-state index contributed by atoms with van der Waals surface area (Å²) in [6, 6.07) is 1.97. The van der Waals surface area contributed by atoms with Gasteiger partial charge in [0.2, 0.25) is 0 Å². The van der Waals surface area contributed by atoms with E-state index in [1.54, 1.807) is 0 Å². The Morgan fingerprint density at radius 3 is 2.25 bits per heavy atom. The summed E-state index contributed by atoms with van der Waals surface area (Å²) in [5, 5.41) is 3.58. The molecule has 1 N–H and O–H groups in total. The van der Waals surface area contributed by atoms with Gasteiger partial charge in [-0.2, -0.15) is 0 Å². The molecule has 100 valence electrons. The maximum absolute atomic E-state index is 3.58. The minimum absolute atomic E-state index is 0. The Morgan fingerprint density at radius 2 is 1.88 bits per heavy atom. The smallest absolute Gasteiger partial charge is 0.0383 e. The second-order valence-electron chi connectivity index (χ2n) is 4.74. The van der Waals surface area contributed by atoms with Gasteiger partial charge in [0.25, 0.3) is 0 Å². The lowest BCUT2D eigenvalue weighted by atomic mass is 10.1. The van der Waals surface area contributed by atoms with Crippen molar-refractivity contribution in [2.75, 3.05) is 33.7 Å². The third-order valence-corrected chi connectivity index (χ3v) is 3.18. The van der Waals surface area contributed by atoms with E-state index in [0.717, 1.165) is 6.54 Å². The maximum Gasteiger partial charge on any atom is 0.0383 e. The fraction of sp³-hybridized carbons (Fsp3) is 1.00. The molecule has 1 rings (SSSR count). The molecule has 16 heavy (non-hydrogen) atoms. The van der Waals surface area contributed by atoms with E-state index >= 15 is 0 Å². The van der Waals surface area contributed by atoms with E-state index in [1.807, 2.05) is 13.8 Å². The van der Waals surface area contributed by atoms with Gasteiger partial charge in [-0.05, 0) is 34.5 Å². The van der Waals surface area contributed by atoms with Crippen LogP contribution in [0, 0.1) is 0 Å². The number of likely N-dealkylation sites (tertiary alicyclic amines) is 1. The average molecular weight is 231 g/mol. The first-order chi connectivity index (χ1) is 7.56. The molecule has 0 amide bonds. The van der Waals surface area contributed by atoms with Crippen molar-refractivity contribution in [3.63, 3.8) is 0 Å². The molecule has 1 heterocycles. The highest BCUT2D eigenvalue weighted by Crippen LogP contribution is 2.16. The number of hydrogen-bond acceptors (Lipinski definition) is 3. The Kier molecular flexibility index (Phi) is 7.98. The Morgan fingerprint density at radius 1 is 1.31 bits per heavy atom. The van der Waals surface area contributed by atoms with Crippen LogP contribution in [0.25, 0.3) is 0 Å². The maximum atomic E-state index is 3.58. The first kappa shape index (κ1) is 15.9. The van der Waals surface area contributed by atoms with Gasteiger partial charge in [-0.3, -0.25) is 4.90 Å². The first-order valence-electron chi connectivity index (χ1n) is 6.70. The monoisotopic (exact) mass is 231 g/mol. The third-order valence-electron chi connectivity index (χ3n) is 3.18.